The Morgan fingerprint density at radius 3 is 2.31 bits per heavy atom. The van der Waals surface area contributed by atoms with Crippen LogP contribution < -0.4 is 5.32 Å². The molecule has 0 fully saturated rings. The standard InChI is InChI=1S/C11H24ClN/c1-3-4-5-6-7-8-9-13-10-11(2)12/h11,13H,3-10H2,1-2H3. The van der Waals surface area contributed by atoms with Crippen molar-refractivity contribution in [2.75, 3.05) is 13.1 Å². The lowest BCUT2D eigenvalue weighted by molar-refractivity contribution is 0.571. The molecule has 80 valence electrons. The van der Waals surface area contributed by atoms with Crippen LogP contribution in [0.15, 0.2) is 0 Å². The Morgan fingerprint density at radius 2 is 1.69 bits per heavy atom. The van der Waals surface area contributed by atoms with E-state index in [4.69, 9.17) is 11.6 Å². The maximum absolute atomic E-state index is 5.80. The molecular formula is C11H24ClN. The number of halogens is 1. The second-order valence-corrected chi connectivity index (χ2v) is 4.50. The molecular weight excluding hydrogens is 182 g/mol. The molecule has 1 nitrogen and oxygen atoms in total. The van der Waals surface area contributed by atoms with Crippen molar-refractivity contribution in [2.45, 2.75) is 57.7 Å². The SMILES string of the molecule is CCCCCCCCNCC(C)Cl. The molecule has 0 aliphatic heterocycles. The average Bonchev–Trinajstić information content (AvgIpc) is 2.09. The van der Waals surface area contributed by atoms with Gasteiger partial charge in [-0.25, -0.2) is 0 Å². The van der Waals surface area contributed by atoms with E-state index in [1.165, 1.54) is 38.5 Å². The second kappa shape index (κ2) is 10.3. The normalized spacial score (nSPS) is 13.2. The fourth-order valence-electron chi connectivity index (χ4n) is 1.33. The molecule has 0 amide bonds. The second-order valence-electron chi connectivity index (χ2n) is 3.75. The van der Waals surface area contributed by atoms with E-state index >= 15 is 0 Å². The maximum Gasteiger partial charge on any atom is 0.0432 e. The molecule has 0 aromatic carbocycles. The summed E-state index contributed by atoms with van der Waals surface area (Å²) in [5, 5.41) is 3.61. The highest BCUT2D eigenvalue weighted by Gasteiger charge is 1.94. The highest BCUT2D eigenvalue weighted by atomic mass is 35.5. The van der Waals surface area contributed by atoms with Gasteiger partial charge in [-0.3, -0.25) is 0 Å². The first-order valence-electron chi connectivity index (χ1n) is 5.62. The van der Waals surface area contributed by atoms with Crippen molar-refractivity contribution in [2.24, 2.45) is 0 Å². The summed E-state index contributed by atoms with van der Waals surface area (Å²) in [5.74, 6) is 0. The predicted octanol–water partition coefficient (Wildman–Crippen LogP) is 3.56. The molecule has 1 N–H and O–H groups in total. The first-order valence-corrected chi connectivity index (χ1v) is 6.05. The fraction of sp³-hybridized carbons (Fsp3) is 1.00. The smallest absolute Gasteiger partial charge is 0.0432 e. The van der Waals surface area contributed by atoms with Gasteiger partial charge in [0.25, 0.3) is 0 Å². The molecule has 0 saturated carbocycles. The molecule has 0 radical (unpaired) electrons. The molecule has 0 aliphatic rings. The lowest BCUT2D eigenvalue weighted by Gasteiger charge is -2.05. The highest BCUT2D eigenvalue weighted by Crippen LogP contribution is 2.04. The number of nitrogens with one attached hydrogen (secondary N) is 1. The van der Waals surface area contributed by atoms with E-state index in [2.05, 4.69) is 12.2 Å². The van der Waals surface area contributed by atoms with Gasteiger partial charge in [0.1, 0.15) is 0 Å². The van der Waals surface area contributed by atoms with Gasteiger partial charge < -0.3 is 5.32 Å². The van der Waals surface area contributed by atoms with Gasteiger partial charge in [-0.05, 0) is 19.9 Å². The summed E-state index contributed by atoms with van der Waals surface area (Å²) in [6.45, 7) is 6.35. The molecule has 0 spiro atoms. The number of alkyl halides is 1. The van der Waals surface area contributed by atoms with Crippen LogP contribution in [0.3, 0.4) is 0 Å². The summed E-state index contributed by atoms with van der Waals surface area (Å²) in [5.41, 5.74) is 0. The Hall–Kier alpha value is 0.250. The minimum Gasteiger partial charge on any atom is -0.315 e. The molecule has 2 heteroatoms. The Morgan fingerprint density at radius 1 is 1.08 bits per heavy atom. The Kier molecular flexibility index (Phi) is 10.5. The third kappa shape index (κ3) is 12.2. The van der Waals surface area contributed by atoms with Gasteiger partial charge in [0.15, 0.2) is 0 Å². The van der Waals surface area contributed by atoms with Crippen LogP contribution in [-0.2, 0) is 0 Å². The lowest BCUT2D eigenvalue weighted by atomic mass is 10.1. The van der Waals surface area contributed by atoms with Crippen LogP contribution >= 0.6 is 11.6 Å². The first-order chi connectivity index (χ1) is 6.27. The zero-order valence-electron chi connectivity index (χ0n) is 9.11. The Balaban J connectivity index is 2.84. The Labute approximate surface area is 88.2 Å². The van der Waals surface area contributed by atoms with Crippen molar-refractivity contribution in [3.05, 3.63) is 0 Å². The molecule has 0 heterocycles. The summed E-state index contributed by atoms with van der Waals surface area (Å²) in [6.07, 6.45) is 8.19. The zero-order valence-corrected chi connectivity index (χ0v) is 9.87. The van der Waals surface area contributed by atoms with Crippen LogP contribution in [0.1, 0.15) is 52.4 Å². The fourth-order valence-corrected chi connectivity index (χ4v) is 1.44. The topological polar surface area (TPSA) is 12.0 Å². The molecule has 0 rings (SSSR count). The van der Waals surface area contributed by atoms with Gasteiger partial charge >= 0.3 is 0 Å². The van der Waals surface area contributed by atoms with Crippen molar-refractivity contribution in [3.63, 3.8) is 0 Å². The third-order valence-corrected chi connectivity index (χ3v) is 2.29. The van der Waals surface area contributed by atoms with E-state index in [1.54, 1.807) is 0 Å². The first kappa shape index (κ1) is 13.2. The van der Waals surface area contributed by atoms with E-state index in [0.717, 1.165) is 13.1 Å². The van der Waals surface area contributed by atoms with Crippen molar-refractivity contribution in [3.8, 4) is 0 Å². The van der Waals surface area contributed by atoms with Gasteiger partial charge in [-0.2, -0.15) is 0 Å². The molecule has 1 atom stereocenters. The largest absolute Gasteiger partial charge is 0.315 e. The van der Waals surface area contributed by atoms with Crippen LogP contribution in [-0.4, -0.2) is 18.5 Å². The summed E-state index contributed by atoms with van der Waals surface area (Å²) in [4.78, 5) is 0. The van der Waals surface area contributed by atoms with Crippen LogP contribution in [0, 0.1) is 0 Å². The van der Waals surface area contributed by atoms with Gasteiger partial charge in [0.2, 0.25) is 0 Å². The Bertz CT molecular complexity index is 94.1. The van der Waals surface area contributed by atoms with Gasteiger partial charge in [-0.1, -0.05) is 39.0 Å². The van der Waals surface area contributed by atoms with E-state index in [1.807, 2.05) is 6.92 Å². The average molecular weight is 206 g/mol. The molecule has 0 aromatic heterocycles. The number of hydrogen-bond acceptors (Lipinski definition) is 1. The highest BCUT2D eigenvalue weighted by molar-refractivity contribution is 6.20. The van der Waals surface area contributed by atoms with E-state index in [-0.39, 0.29) is 5.38 Å². The van der Waals surface area contributed by atoms with Gasteiger partial charge in [-0.15, -0.1) is 11.6 Å². The van der Waals surface area contributed by atoms with Crippen molar-refractivity contribution >= 4 is 11.6 Å². The monoisotopic (exact) mass is 205 g/mol. The maximum atomic E-state index is 5.80. The van der Waals surface area contributed by atoms with Gasteiger partial charge in [0, 0.05) is 11.9 Å². The molecule has 13 heavy (non-hydrogen) atoms. The lowest BCUT2D eigenvalue weighted by Crippen LogP contribution is -2.22. The number of hydrogen-bond donors (Lipinski definition) is 1. The quantitative estimate of drug-likeness (QED) is 0.449. The number of rotatable bonds is 9. The van der Waals surface area contributed by atoms with Crippen LogP contribution in [0.4, 0.5) is 0 Å². The molecule has 0 aliphatic carbocycles. The molecule has 0 aromatic rings. The summed E-state index contributed by atoms with van der Waals surface area (Å²) in [7, 11) is 0. The number of unbranched alkanes of at least 4 members (excludes halogenated alkanes) is 5. The van der Waals surface area contributed by atoms with Crippen molar-refractivity contribution in [1.29, 1.82) is 0 Å². The molecule has 1 unspecified atom stereocenters. The van der Waals surface area contributed by atoms with Crippen LogP contribution in [0.2, 0.25) is 0 Å². The third-order valence-electron chi connectivity index (χ3n) is 2.13. The minimum atomic E-state index is 0.264. The van der Waals surface area contributed by atoms with Crippen molar-refractivity contribution < 1.29 is 0 Å². The van der Waals surface area contributed by atoms with E-state index < -0.39 is 0 Å². The van der Waals surface area contributed by atoms with Crippen molar-refractivity contribution in [1.82, 2.24) is 5.32 Å². The van der Waals surface area contributed by atoms with Gasteiger partial charge in [0.05, 0.1) is 0 Å². The summed E-state index contributed by atoms with van der Waals surface area (Å²) < 4.78 is 0. The van der Waals surface area contributed by atoms with E-state index in [9.17, 15) is 0 Å². The van der Waals surface area contributed by atoms with Crippen LogP contribution in [0.5, 0.6) is 0 Å². The van der Waals surface area contributed by atoms with Crippen LogP contribution in [0.25, 0.3) is 0 Å². The molecule has 0 saturated heterocycles. The summed E-state index contributed by atoms with van der Waals surface area (Å²) in [6, 6.07) is 0. The van der Waals surface area contributed by atoms with E-state index in [0.29, 0.717) is 0 Å². The predicted molar refractivity (Wildman–Crippen MR) is 61.6 cm³/mol. The summed E-state index contributed by atoms with van der Waals surface area (Å²) >= 11 is 5.80. The molecule has 0 bridgehead atoms. The zero-order chi connectivity index (χ0) is 9.94. The minimum absolute atomic E-state index is 0.264.